The molecule has 3 rings (SSSR count). The number of nitrogens with zero attached hydrogens (tertiary/aromatic N) is 1. The van der Waals surface area contributed by atoms with Crippen LogP contribution < -0.4 is 15.4 Å². The molecule has 2 aliphatic rings. The van der Waals surface area contributed by atoms with Crippen molar-refractivity contribution in [1.29, 1.82) is 0 Å². The summed E-state index contributed by atoms with van der Waals surface area (Å²) in [5.41, 5.74) is 1.26. The lowest BCUT2D eigenvalue weighted by atomic mass is 9.94. The molecule has 2 fully saturated rings. The molecule has 0 aromatic heterocycles. The Morgan fingerprint density at radius 1 is 1.21 bits per heavy atom. The van der Waals surface area contributed by atoms with Gasteiger partial charge in [-0.1, -0.05) is 38.5 Å². The molecule has 28 heavy (non-hydrogen) atoms. The van der Waals surface area contributed by atoms with Crippen LogP contribution in [0.5, 0.6) is 5.75 Å². The number of halogens is 1. The van der Waals surface area contributed by atoms with E-state index in [0.717, 1.165) is 58.3 Å². The van der Waals surface area contributed by atoms with Gasteiger partial charge in [-0.2, -0.15) is 0 Å². The third-order valence-electron chi connectivity index (χ3n) is 6.12. The number of morpholine rings is 1. The minimum atomic E-state index is 0. The van der Waals surface area contributed by atoms with Gasteiger partial charge in [-0.05, 0) is 37.9 Å². The third kappa shape index (κ3) is 6.60. The summed E-state index contributed by atoms with van der Waals surface area (Å²) >= 11 is 0. The van der Waals surface area contributed by atoms with Crippen LogP contribution >= 0.6 is 12.4 Å². The second-order valence-electron chi connectivity index (χ2n) is 7.70. The Bertz CT molecular complexity index is 550. The first-order valence-corrected chi connectivity index (χ1v) is 10.8. The predicted octanol–water partition coefficient (Wildman–Crippen LogP) is 3.08. The van der Waals surface area contributed by atoms with Crippen molar-refractivity contribution >= 4 is 12.4 Å². The van der Waals surface area contributed by atoms with Crippen LogP contribution in [0.1, 0.15) is 38.7 Å². The molecule has 0 spiro atoms. The van der Waals surface area contributed by atoms with Crippen LogP contribution in [0.3, 0.4) is 0 Å². The van der Waals surface area contributed by atoms with Crippen molar-refractivity contribution in [1.82, 2.24) is 15.5 Å². The molecule has 1 heterocycles. The standard InChI is InChI=1S/C22H37N3O2.ClH/c1-3-25(4-2)13-15-27-22-11-6-5-8-18(22)16-24-20-10-7-9-19(20)21-17-26-14-12-23-21;/h5-6,8,11,19-21,23-24H,3-4,7,9-10,12-17H2,1-2H3;1H. The first-order chi connectivity index (χ1) is 13.3. The van der Waals surface area contributed by atoms with Gasteiger partial charge in [0.25, 0.3) is 0 Å². The summed E-state index contributed by atoms with van der Waals surface area (Å²) in [4.78, 5) is 2.39. The second-order valence-corrected chi connectivity index (χ2v) is 7.70. The van der Waals surface area contributed by atoms with Crippen molar-refractivity contribution < 1.29 is 9.47 Å². The van der Waals surface area contributed by atoms with Gasteiger partial charge in [0.05, 0.1) is 13.2 Å². The van der Waals surface area contributed by atoms with E-state index in [1.165, 1.54) is 24.8 Å². The Hall–Kier alpha value is -0.850. The molecule has 5 nitrogen and oxygen atoms in total. The molecule has 1 saturated heterocycles. The summed E-state index contributed by atoms with van der Waals surface area (Å²) in [5, 5.41) is 7.48. The highest BCUT2D eigenvalue weighted by molar-refractivity contribution is 5.85. The van der Waals surface area contributed by atoms with Crippen molar-refractivity contribution in [2.45, 2.75) is 51.7 Å². The van der Waals surface area contributed by atoms with Gasteiger partial charge in [-0.15, -0.1) is 12.4 Å². The molecule has 1 aromatic rings. The van der Waals surface area contributed by atoms with E-state index in [4.69, 9.17) is 9.47 Å². The van der Waals surface area contributed by atoms with Gasteiger partial charge in [0.2, 0.25) is 0 Å². The number of hydrogen-bond donors (Lipinski definition) is 2. The minimum absolute atomic E-state index is 0. The molecule has 1 aromatic carbocycles. The predicted molar refractivity (Wildman–Crippen MR) is 118 cm³/mol. The van der Waals surface area contributed by atoms with E-state index in [-0.39, 0.29) is 12.4 Å². The highest BCUT2D eigenvalue weighted by Gasteiger charge is 2.34. The van der Waals surface area contributed by atoms with Crippen molar-refractivity contribution in [3.63, 3.8) is 0 Å². The van der Waals surface area contributed by atoms with E-state index in [2.05, 4.69) is 53.6 Å². The number of nitrogens with one attached hydrogen (secondary N) is 2. The first kappa shape index (κ1) is 23.4. The Labute approximate surface area is 176 Å². The SMILES string of the molecule is CCN(CC)CCOc1ccccc1CNC1CCCC1C1COCCN1.Cl. The van der Waals surface area contributed by atoms with Crippen molar-refractivity contribution in [3.8, 4) is 5.75 Å². The summed E-state index contributed by atoms with van der Waals surface area (Å²) in [6.45, 7) is 11.8. The fraction of sp³-hybridized carbons (Fsp3) is 0.727. The molecule has 1 aliphatic carbocycles. The van der Waals surface area contributed by atoms with E-state index in [1.54, 1.807) is 0 Å². The Kier molecular flexibility index (Phi) is 10.6. The molecule has 2 N–H and O–H groups in total. The first-order valence-electron chi connectivity index (χ1n) is 10.8. The molecule has 1 aliphatic heterocycles. The van der Waals surface area contributed by atoms with Gasteiger partial charge in [-0.25, -0.2) is 0 Å². The smallest absolute Gasteiger partial charge is 0.123 e. The summed E-state index contributed by atoms with van der Waals surface area (Å²) in [6, 6.07) is 9.52. The van der Waals surface area contributed by atoms with E-state index >= 15 is 0 Å². The van der Waals surface area contributed by atoms with Crippen LogP contribution in [0.25, 0.3) is 0 Å². The zero-order valence-corrected chi connectivity index (χ0v) is 18.3. The Morgan fingerprint density at radius 2 is 2.04 bits per heavy atom. The minimum Gasteiger partial charge on any atom is -0.492 e. The quantitative estimate of drug-likeness (QED) is 0.619. The van der Waals surface area contributed by atoms with Crippen LogP contribution in [-0.4, -0.2) is 63.0 Å². The van der Waals surface area contributed by atoms with Gasteiger partial charge < -0.3 is 25.0 Å². The highest BCUT2D eigenvalue weighted by atomic mass is 35.5. The number of para-hydroxylation sites is 1. The maximum absolute atomic E-state index is 6.12. The molecule has 0 radical (unpaired) electrons. The lowest BCUT2D eigenvalue weighted by Gasteiger charge is -2.33. The maximum Gasteiger partial charge on any atom is 0.123 e. The second kappa shape index (κ2) is 12.7. The van der Waals surface area contributed by atoms with E-state index < -0.39 is 0 Å². The number of rotatable bonds is 10. The van der Waals surface area contributed by atoms with E-state index in [1.807, 2.05) is 0 Å². The number of ether oxygens (including phenoxy) is 2. The topological polar surface area (TPSA) is 45.8 Å². The Morgan fingerprint density at radius 3 is 2.79 bits per heavy atom. The average molecular weight is 412 g/mol. The summed E-state index contributed by atoms with van der Waals surface area (Å²) in [7, 11) is 0. The highest BCUT2D eigenvalue weighted by Crippen LogP contribution is 2.30. The summed E-state index contributed by atoms with van der Waals surface area (Å²) in [6.07, 6.45) is 3.86. The summed E-state index contributed by atoms with van der Waals surface area (Å²) < 4.78 is 11.8. The maximum atomic E-state index is 6.12. The number of hydrogen-bond acceptors (Lipinski definition) is 5. The van der Waals surface area contributed by atoms with Gasteiger partial charge in [0, 0.05) is 37.3 Å². The zero-order chi connectivity index (χ0) is 18.9. The van der Waals surface area contributed by atoms with Gasteiger partial charge in [-0.3, -0.25) is 0 Å². The lowest BCUT2D eigenvalue weighted by molar-refractivity contribution is 0.0524. The van der Waals surface area contributed by atoms with Crippen LogP contribution in [-0.2, 0) is 11.3 Å². The van der Waals surface area contributed by atoms with Crippen molar-refractivity contribution in [3.05, 3.63) is 29.8 Å². The van der Waals surface area contributed by atoms with Gasteiger partial charge in [0.15, 0.2) is 0 Å². The number of benzene rings is 1. The van der Waals surface area contributed by atoms with Crippen molar-refractivity contribution in [2.75, 3.05) is 46.0 Å². The lowest BCUT2D eigenvalue weighted by Crippen LogP contribution is -2.50. The van der Waals surface area contributed by atoms with E-state index in [0.29, 0.717) is 18.0 Å². The van der Waals surface area contributed by atoms with Gasteiger partial charge in [0.1, 0.15) is 12.4 Å². The monoisotopic (exact) mass is 411 g/mol. The zero-order valence-electron chi connectivity index (χ0n) is 17.5. The molecule has 160 valence electrons. The molecular formula is C22H38ClN3O2. The van der Waals surface area contributed by atoms with Crippen molar-refractivity contribution in [2.24, 2.45) is 5.92 Å². The third-order valence-corrected chi connectivity index (χ3v) is 6.12. The molecular weight excluding hydrogens is 374 g/mol. The normalized spacial score (nSPS) is 24.9. The molecule has 6 heteroatoms. The summed E-state index contributed by atoms with van der Waals surface area (Å²) in [5.74, 6) is 1.69. The molecule has 0 amide bonds. The molecule has 3 unspecified atom stereocenters. The molecule has 0 bridgehead atoms. The Balaban J connectivity index is 0.00000280. The van der Waals surface area contributed by atoms with Crippen LogP contribution in [0.4, 0.5) is 0 Å². The van der Waals surface area contributed by atoms with Crippen LogP contribution in [0, 0.1) is 5.92 Å². The largest absolute Gasteiger partial charge is 0.492 e. The van der Waals surface area contributed by atoms with Gasteiger partial charge >= 0.3 is 0 Å². The van der Waals surface area contributed by atoms with Crippen LogP contribution in [0.2, 0.25) is 0 Å². The fourth-order valence-corrected chi connectivity index (χ4v) is 4.44. The fourth-order valence-electron chi connectivity index (χ4n) is 4.44. The average Bonchev–Trinajstić information content (AvgIpc) is 3.20. The molecule has 1 saturated carbocycles. The molecule has 3 atom stereocenters. The van der Waals surface area contributed by atoms with E-state index in [9.17, 15) is 0 Å². The van der Waals surface area contributed by atoms with Crippen LogP contribution in [0.15, 0.2) is 24.3 Å². The number of likely N-dealkylation sites (N-methyl/N-ethyl adjacent to an activating group) is 1.